The Morgan fingerprint density at radius 3 is 2.72 bits per heavy atom. The number of aryl methyl sites for hydroxylation is 1. The summed E-state index contributed by atoms with van der Waals surface area (Å²) in [5, 5.41) is 0. The SMILES string of the molecule is Cc1ccc(Oc2cccc(I)c2)c(CCN)c1. The Bertz CT molecular complexity index is 540. The zero-order valence-electron chi connectivity index (χ0n) is 10.3. The second kappa shape index (κ2) is 6.20. The smallest absolute Gasteiger partial charge is 0.130 e. The molecule has 0 aliphatic carbocycles. The average molecular weight is 353 g/mol. The van der Waals surface area contributed by atoms with Gasteiger partial charge < -0.3 is 10.5 Å². The van der Waals surface area contributed by atoms with Crippen LogP contribution in [-0.4, -0.2) is 6.54 Å². The van der Waals surface area contributed by atoms with Crippen molar-refractivity contribution >= 4 is 22.6 Å². The molecule has 18 heavy (non-hydrogen) atoms. The monoisotopic (exact) mass is 353 g/mol. The highest BCUT2D eigenvalue weighted by molar-refractivity contribution is 14.1. The summed E-state index contributed by atoms with van der Waals surface area (Å²) in [4.78, 5) is 0. The van der Waals surface area contributed by atoms with Gasteiger partial charge in [0, 0.05) is 3.57 Å². The Hall–Kier alpha value is -1.07. The molecule has 0 aliphatic rings. The van der Waals surface area contributed by atoms with Crippen molar-refractivity contribution in [1.82, 2.24) is 0 Å². The van der Waals surface area contributed by atoms with Crippen molar-refractivity contribution in [3.63, 3.8) is 0 Å². The van der Waals surface area contributed by atoms with E-state index >= 15 is 0 Å². The lowest BCUT2D eigenvalue weighted by molar-refractivity contribution is 0.475. The molecule has 0 fully saturated rings. The highest BCUT2D eigenvalue weighted by Gasteiger charge is 2.05. The van der Waals surface area contributed by atoms with E-state index in [0.717, 1.165) is 27.1 Å². The van der Waals surface area contributed by atoms with Gasteiger partial charge in [-0.1, -0.05) is 23.8 Å². The number of nitrogens with two attached hydrogens (primary N) is 1. The van der Waals surface area contributed by atoms with E-state index in [4.69, 9.17) is 10.5 Å². The van der Waals surface area contributed by atoms with E-state index in [0.29, 0.717) is 6.54 Å². The maximum absolute atomic E-state index is 5.94. The summed E-state index contributed by atoms with van der Waals surface area (Å²) in [5.74, 6) is 1.76. The Morgan fingerprint density at radius 1 is 1.17 bits per heavy atom. The van der Waals surface area contributed by atoms with Gasteiger partial charge in [0.05, 0.1) is 0 Å². The van der Waals surface area contributed by atoms with Gasteiger partial charge in [0.25, 0.3) is 0 Å². The van der Waals surface area contributed by atoms with Crippen molar-refractivity contribution in [2.45, 2.75) is 13.3 Å². The summed E-state index contributed by atoms with van der Waals surface area (Å²) in [7, 11) is 0. The van der Waals surface area contributed by atoms with Crippen LogP contribution in [0.2, 0.25) is 0 Å². The first-order valence-corrected chi connectivity index (χ1v) is 7.00. The molecule has 0 aromatic heterocycles. The van der Waals surface area contributed by atoms with E-state index in [-0.39, 0.29) is 0 Å². The van der Waals surface area contributed by atoms with E-state index in [2.05, 4.69) is 41.6 Å². The van der Waals surface area contributed by atoms with Gasteiger partial charge in [0.1, 0.15) is 11.5 Å². The number of halogens is 1. The van der Waals surface area contributed by atoms with Crippen LogP contribution in [0.4, 0.5) is 0 Å². The molecule has 0 amide bonds. The molecule has 0 heterocycles. The second-order valence-corrected chi connectivity index (χ2v) is 5.45. The van der Waals surface area contributed by atoms with Gasteiger partial charge in [-0.2, -0.15) is 0 Å². The lowest BCUT2D eigenvalue weighted by Crippen LogP contribution is -2.04. The molecule has 0 atom stereocenters. The molecule has 0 spiro atoms. The molecule has 3 heteroatoms. The lowest BCUT2D eigenvalue weighted by atomic mass is 10.1. The number of benzene rings is 2. The number of hydrogen-bond acceptors (Lipinski definition) is 2. The molecule has 0 unspecified atom stereocenters. The summed E-state index contributed by atoms with van der Waals surface area (Å²) in [5.41, 5.74) is 8.03. The maximum atomic E-state index is 5.94. The van der Waals surface area contributed by atoms with Gasteiger partial charge in [-0.15, -0.1) is 0 Å². The van der Waals surface area contributed by atoms with Crippen LogP contribution in [-0.2, 0) is 6.42 Å². The first-order chi connectivity index (χ1) is 8.69. The van der Waals surface area contributed by atoms with Gasteiger partial charge in [-0.05, 0) is 72.3 Å². The van der Waals surface area contributed by atoms with Crippen molar-refractivity contribution in [3.8, 4) is 11.5 Å². The van der Waals surface area contributed by atoms with Crippen LogP contribution >= 0.6 is 22.6 Å². The normalized spacial score (nSPS) is 10.4. The minimum Gasteiger partial charge on any atom is -0.457 e. The first kappa shape index (κ1) is 13.4. The minimum atomic E-state index is 0.631. The molecule has 2 rings (SSSR count). The molecule has 2 aromatic carbocycles. The van der Waals surface area contributed by atoms with Crippen LogP contribution in [0.3, 0.4) is 0 Å². The van der Waals surface area contributed by atoms with Gasteiger partial charge >= 0.3 is 0 Å². The zero-order valence-corrected chi connectivity index (χ0v) is 12.5. The van der Waals surface area contributed by atoms with Crippen molar-refractivity contribution in [1.29, 1.82) is 0 Å². The molecule has 0 saturated heterocycles. The first-order valence-electron chi connectivity index (χ1n) is 5.92. The average Bonchev–Trinajstić information content (AvgIpc) is 2.33. The molecule has 0 bridgehead atoms. The van der Waals surface area contributed by atoms with Crippen LogP contribution in [0.1, 0.15) is 11.1 Å². The lowest BCUT2D eigenvalue weighted by Gasteiger charge is -2.11. The molecule has 0 saturated carbocycles. The second-order valence-electron chi connectivity index (χ2n) is 4.21. The number of ether oxygens (including phenoxy) is 1. The van der Waals surface area contributed by atoms with Crippen molar-refractivity contribution in [3.05, 3.63) is 57.2 Å². The third kappa shape index (κ3) is 3.46. The molecule has 2 N–H and O–H groups in total. The topological polar surface area (TPSA) is 35.2 Å². The molecular formula is C15H16INO. The molecule has 0 aliphatic heterocycles. The number of hydrogen-bond donors (Lipinski definition) is 1. The minimum absolute atomic E-state index is 0.631. The van der Waals surface area contributed by atoms with Crippen LogP contribution < -0.4 is 10.5 Å². The standard InChI is InChI=1S/C15H16INO/c1-11-5-6-15(12(9-11)7-8-17)18-14-4-2-3-13(16)10-14/h2-6,9-10H,7-8,17H2,1H3. The Morgan fingerprint density at radius 2 is 2.00 bits per heavy atom. The van der Waals surface area contributed by atoms with Gasteiger partial charge in [0.2, 0.25) is 0 Å². The fourth-order valence-electron chi connectivity index (χ4n) is 1.82. The Balaban J connectivity index is 2.28. The fraction of sp³-hybridized carbons (Fsp3) is 0.200. The van der Waals surface area contributed by atoms with E-state index in [9.17, 15) is 0 Å². The van der Waals surface area contributed by atoms with Gasteiger partial charge in [0.15, 0.2) is 0 Å². The third-order valence-corrected chi connectivity index (χ3v) is 3.32. The van der Waals surface area contributed by atoms with E-state index < -0.39 is 0 Å². The summed E-state index contributed by atoms with van der Waals surface area (Å²) in [6.07, 6.45) is 0.834. The summed E-state index contributed by atoms with van der Waals surface area (Å²) in [6, 6.07) is 14.2. The maximum Gasteiger partial charge on any atom is 0.130 e. The molecule has 2 nitrogen and oxygen atoms in total. The third-order valence-electron chi connectivity index (χ3n) is 2.65. The highest BCUT2D eigenvalue weighted by atomic mass is 127. The van der Waals surface area contributed by atoms with Gasteiger partial charge in [-0.3, -0.25) is 0 Å². The largest absolute Gasteiger partial charge is 0.457 e. The molecule has 2 aromatic rings. The van der Waals surface area contributed by atoms with Gasteiger partial charge in [-0.25, -0.2) is 0 Å². The number of rotatable bonds is 4. The Kier molecular flexibility index (Phi) is 4.60. The van der Waals surface area contributed by atoms with Crippen LogP contribution in [0.5, 0.6) is 11.5 Å². The predicted octanol–water partition coefficient (Wildman–Crippen LogP) is 3.89. The predicted molar refractivity (Wildman–Crippen MR) is 83.2 cm³/mol. The molecule has 94 valence electrons. The fourth-order valence-corrected chi connectivity index (χ4v) is 2.33. The Labute approximate surface area is 121 Å². The summed E-state index contributed by atoms with van der Waals surface area (Å²) in [6.45, 7) is 2.71. The zero-order chi connectivity index (χ0) is 13.0. The summed E-state index contributed by atoms with van der Waals surface area (Å²) >= 11 is 2.28. The summed E-state index contributed by atoms with van der Waals surface area (Å²) < 4.78 is 7.10. The van der Waals surface area contributed by atoms with Crippen molar-refractivity contribution < 1.29 is 4.74 Å². The molecular weight excluding hydrogens is 337 g/mol. The quantitative estimate of drug-likeness (QED) is 0.847. The van der Waals surface area contributed by atoms with Crippen molar-refractivity contribution in [2.75, 3.05) is 6.54 Å². The van der Waals surface area contributed by atoms with Crippen LogP contribution in [0.25, 0.3) is 0 Å². The van der Waals surface area contributed by atoms with E-state index in [1.165, 1.54) is 5.56 Å². The van der Waals surface area contributed by atoms with E-state index in [1.807, 2.05) is 30.3 Å². The molecule has 0 radical (unpaired) electrons. The van der Waals surface area contributed by atoms with Crippen molar-refractivity contribution in [2.24, 2.45) is 5.73 Å². The van der Waals surface area contributed by atoms with E-state index in [1.54, 1.807) is 0 Å². The van der Waals surface area contributed by atoms with Crippen LogP contribution in [0, 0.1) is 10.5 Å². The highest BCUT2D eigenvalue weighted by Crippen LogP contribution is 2.27. The van der Waals surface area contributed by atoms with Crippen LogP contribution in [0.15, 0.2) is 42.5 Å².